The molecule has 2 heterocycles. The van der Waals surface area contributed by atoms with Crippen molar-refractivity contribution in [1.82, 2.24) is 9.88 Å². The first-order valence-electron chi connectivity index (χ1n) is 5.80. The standard InChI is InChI=1S/C13H13BrN2O2/c1-16-11-4-7(14)2-3-8(11)9-5-10(13(17)18)15-6-12(9)16/h2-4,10,15H,5-6H2,1H3,(H,17,18). The van der Waals surface area contributed by atoms with Gasteiger partial charge >= 0.3 is 5.97 Å². The smallest absolute Gasteiger partial charge is 0.321 e. The molecule has 1 atom stereocenters. The van der Waals surface area contributed by atoms with E-state index < -0.39 is 12.0 Å². The number of nitrogens with zero attached hydrogens (tertiary/aromatic N) is 1. The van der Waals surface area contributed by atoms with Gasteiger partial charge in [-0.3, -0.25) is 10.1 Å². The van der Waals surface area contributed by atoms with Crippen LogP contribution in [0, 0.1) is 0 Å². The van der Waals surface area contributed by atoms with Crippen LogP contribution in [0.25, 0.3) is 10.9 Å². The lowest BCUT2D eigenvalue weighted by molar-refractivity contribution is -0.139. The second kappa shape index (κ2) is 4.10. The highest BCUT2D eigenvalue weighted by Gasteiger charge is 2.27. The van der Waals surface area contributed by atoms with E-state index in [9.17, 15) is 4.79 Å². The van der Waals surface area contributed by atoms with E-state index in [0.29, 0.717) is 13.0 Å². The molecule has 1 aliphatic heterocycles. The van der Waals surface area contributed by atoms with Crippen molar-refractivity contribution in [2.75, 3.05) is 0 Å². The molecule has 1 aliphatic rings. The van der Waals surface area contributed by atoms with Gasteiger partial charge in [-0.25, -0.2) is 0 Å². The van der Waals surface area contributed by atoms with Crippen LogP contribution in [0.5, 0.6) is 0 Å². The molecule has 0 saturated heterocycles. The maximum absolute atomic E-state index is 11.1. The molecule has 0 radical (unpaired) electrons. The number of aryl methyl sites for hydroxylation is 1. The highest BCUT2D eigenvalue weighted by Crippen LogP contribution is 2.30. The largest absolute Gasteiger partial charge is 0.480 e. The minimum atomic E-state index is -0.783. The number of benzene rings is 1. The molecule has 1 aromatic heterocycles. The van der Waals surface area contributed by atoms with E-state index in [-0.39, 0.29) is 0 Å². The molecule has 2 aromatic rings. The van der Waals surface area contributed by atoms with Crippen LogP contribution in [-0.4, -0.2) is 21.7 Å². The van der Waals surface area contributed by atoms with Crippen molar-refractivity contribution in [2.24, 2.45) is 7.05 Å². The number of carbonyl (C=O) groups is 1. The van der Waals surface area contributed by atoms with Gasteiger partial charge in [-0.15, -0.1) is 0 Å². The van der Waals surface area contributed by atoms with Crippen LogP contribution in [0.2, 0.25) is 0 Å². The van der Waals surface area contributed by atoms with Gasteiger partial charge in [0.25, 0.3) is 0 Å². The molecule has 0 aliphatic carbocycles. The molecular weight excluding hydrogens is 296 g/mol. The molecule has 2 N–H and O–H groups in total. The Bertz CT molecular complexity index is 648. The lowest BCUT2D eigenvalue weighted by atomic mass is 9.99. The van der Waals surface area contributed by atoms with E-state index in [1.807, 2.05) is 13.1 Å². The van der Waals surface area contributed by atoms with Crippen molar-refractivity contribution in [2.45, 2.75) is 19.0 Å². The number of aliphatic carboxylic acids is 1. The van der Waals surface area contributed by atoms with Crippen molar-refractivity contribution in [3.05, 3.63) is 33.9 Å². The maximum Gasteiger partial charge on any atom is 0.321 e. The summed E-state index contributed by atoms with van der Waals surface area (Å²) in [5, 5.41) is 13.3. The maximum atomic E-state index is 11.1. The van der Waals surface area contributed by atoms with Gasteiger partial charge in [0.2, 0.25) is 0 Å². The highest BCUT2D eigenvalue weighted by molar-refractivity contribution is 9.10. The summed E-state index contributed by atoms with van der Waals surface area (Å²) in [6.45, 7) is 0.606. The monoisotopic (exact) mass is 308 g/mol. The van der Waals surface area contributed by atoms with Crippen LogP contribution >= 0.6 is 15.9 Å². The predicted molar refractivity (Wildman–Crippen MR) is 72.6 cm³/mol. The molecule has 0 spiro atoms. The second-order valence-electron chi connectivity index (χ2n) is 4.62. The fraction of sp³-hybridized carbons (Fsp3) is 0.308. The zero-order valence-electron chi connectivity index (χ0n) is 9.90. The van der Waals surface area contributed by atoms with Crippen molar-refractivity contribution >= 4 is 32.8 Å². The highest BCUT2D eigenvalue weighted by atomic mass is 79.9. The molecule has 1 aromatic carbocycles. The van der Waals surface area contributed by atoms with E-state index in [0.717, 1.165) is 20.9 Å². The SMILES string of the molecule is Cn1c2c(c3ccc(Br)cc31)CC(C(=O)O)NC2. The van der Waals surface area contributed by atoms with E-state index in [4.69, 9.17) is 5.11 Å². The summed E-state index contributed by atoms with van der Waals surface area (Å²) in [7, 11) is 2.02. The summed E-state index contributed by atoms with van der Waals surface area (Å²) >= 11 is 3.47. The minimum Gasteiger partial charge on any atom is -0.480 e. The van der Waals surface area contributed by atoms with Crippen LogP contribution in [0.15, 0.2) is 22.7 Å². The van der Waals surface area contributed by atoms with Crippen molar-refractivity contribution in [3.63, 3.8) is 0 Å². The number of fused-ring (bicyclic) bond motifs is 3. The Morgan fingerprint density at radius 1 is 1.56 bits per heavy atom. The molecule has 5 heteroatoms. The first-order valence-corrected chi connectivity index (χ1v) is 6.59. The van der Waals surface area contributed by atoms with Crippen LogP contribution < -0.4 is 5.32 Å². The topological polar surface area (TPSA) is 54.3 Å². The Kier molecular flexibility index (Phi) is 2.68. The molecule has 0 saturated carbocycles. The zero-order valence-corrected chi connectivity index (χ0v) is 11.5. The third kappa shape index (κ3) is 1.66. The number of carboxylic acid groups (broad SMARTS) is 1. The molecule has 0 bridgehead atoms. The molecule has 4 nitrogen and oxygen atoms in total. The van der Waals surface area contributed by atoms with Crippen LogP contribution in [0.1, 0.15) is 11.3 Å². The molecule has 94 valence electrons. The number of carboxylic acids is 1. The number of rotatable bonds is 1. The van der Waals surface area contributed by atoms with E-state index in [2.05, 4.69) is 37.9 Å². The number of halogens is 1. The molecule has 18 heavy (non-hydrogen) atoms. The average Bonchev–Trinajstić information content (AvgIpc) is 2.62. The Balaban J connectivity index is 2.19. The summed E-state index contributed by atoms with van der Waals surface area (Å²) in [5.74, 6) is -0.783. The van der Waals surface area contributed by atoms with Gasteiger partial charge < -0.3 is 9.67 Å². The Labute approximate surface area is 113 Å². The molecule has 0 amide bonds. The number of aromatic nitrogens is 1. The minimum absolute atomic E-state index is 0.480. The molecule has 0 fully saturated rings. The quantitative estimate of drug-likeness (QED) is 0.847. The van der Waals surface area contributed by atoms with Gasteiger partial charge in [-0.2, -0.15) is 0 Å². The summed E-state index contributed by atoms with van der Waals surface area (Å²) in [6, 6.07) is 5.65. The Hall–Kier alpha value is -1.33. The van der Waals surface area contributed by atoms with E-state index in [1.54, 1.807) is 0 Å². The molecule has 3 rings (SSSR count). The fourth-order valence-electron chi connectivity index (χ4n) is 2.66. The van der Waals surface area contributed by atoms with Crippen LogP contribution in [-0.2, 0) is 24.8 Å². The van der Waals surface area contributed by atoms with Crippen molar-refractivity contribution in [1.29, 1.82) is 0 Å². The lowest BCUT2D eigenvalue weighted by Crippen LogP contribution is -2.41. The van der Waals surface area contributed by atoms with Gasteiger partial charge in [-0.05, 0) is 17.7 Å². The fourth-order valence-corrected chi connectivity index (χ4v) is 3.01. The number of nitrogens with one attached hydrogen (secondary N) is 1. The normalized spacial score (nSPS) is 18.9. The van der Waals surface area contributed by atoms with Gasteiger partial charge in [0.1, 0.15) is 6.04 Å². The summed E-state index contributed by atoms with van der Waals surface area (Å²) in [5.41, 5.74) is 3.48. The number of hydrogen-bond donors (Lipinski definition) is 2. The zero-order chi connectivity index (χ0) is 12.9. The molecule has 1 unspecified atom stereocenters. The van der Waals surface area contributed by atoms with E-state index >= 15 is 0 Å². The van der Waals surface area contributed by atoms with Gasteiger partial charge in [0, 0.05) is 41.1 Å². The van der Waals surface area contributed by atoms with Crippen molar-refractivity contribution < 1.29 is 9.90 Å². The van der Waals surface area contributed by atoms with Crippen LogP contribution in [0.3, 0.4) is 0 Å². The second-order valence-corrected chi connectivity index (χ2v) is 5.54. The summed E-state index contributed by atoms with van der Waals surface area (Å²) in [6.07, 6.45) is 0.545. The third-order valence-electron chi connectivity index (χ3n) is 3.62. The first kappa shape index (κ1) is 11.7. The first-order chi connectivity index (χ1) is 8.58. The summed E-state index contributed by atoms with van der Waals surface area (Å²) in [4.78, 5) is 11.1. The van der Waals surface area contributed by atoms with Gasteiger partial charge in [-0.1, -0.05) is 22.0 Å². The molecular formula is C13H13BrN2O2. The Morgan fingerprint density at radius 3 is 3.06 bits per heavy atom. The predicted octanol–water partition coefficient (Wildman–Crippen LogP) is 2.04. The van der Waals surface area contributed by atoms with Gasteiger partial charge in [0.05, 0.1) is 0 Å². The van der Waals surface area contributed by atoms with Gasteiger partial charge in [0.15, 0.2) is 0 Å². The van der Waals surface area contributed by atoms with Crippen molar-refractivity contribution in [3.8, 4) is 0 Å². The third-order valence-corrected chi connectivity index (χ3v) is 4.11. The van der Waals surface area contributed by atoms with Crippen LogP contribution in [0.4, 0.5) is 0 Å². The summed E-state index contributed by atoms with van der Waals surface area (Å²) < 4.78 is 3.18. The Morgan fingerprint density at radius 2 is 2.33 bits per heavy atom. The average molecular weight is 309 g/mol. The lowest BCUT2D eigenvalue weighted by Gasteiger charge is -2.21. The number of hydrogen-bond acceptors (Lipinski definition) is 2. The van der Waals surface area contributed by atoms with E-state index in [1.165, 1.54) is 5.69 Å².